The second-order valence-electron chi connectivity index (χ2n) is 7.46. The third-order valence-electron chi connectivity index (χ3n) is 5.88. The summed E-state index contributed by atoms with van der Waals surface area (Å²) in [5, 5.41) is 19.7. The molecule has 1 saturated heterocycles. The molecular weight excluding hydrogens is 342 g/mol. The molecule has 2 bridgehead atoms. The van der Waals surface area contributed by atoms with E-state index in [2.05, 4.69) is 38.9 Å². The van der Waals surface area contributed by atoms with Gasteiger partial charge < -0.3 is 15.2 Å². The number of hydrogen-bond acceptors (Lipinski definition) is 6. The first-order valence-electron chi connectivity index (χ1n) is 9.60. The molecule has 1 fully saturated rings. The van der Waals surface area contributed by atoms with Crippen molar-refractivity contribution in [1.29, 1.82) is 0 Å². The van der Waals surface area contributed by atoms with Crippen LogP contribution in [0.3, 0.4) is 0 Å². The van der Waals surface area contributed by atoms with Crippen LogP contribution in [0.1, 0.15) is 36.7 Å². The summed E-state index contributed by atoms with van der Waals surface area (Å²) in [6.45, 7) is 4.64. The zero-order valence-corrected chi connectivity index (χ0v) is 15.3. The molecule has 8 heteroatoms. The fourth-order valence-electron chi connectivity index (χ4n) is 4.56. The zero-order valence-electron chi connectivity index (χ0n) is 15.3. The second-order valence-corrected chi connectivity index (χ2v) is 7.46. The molecule has 0 saturated carbocycles. The monoisotopic (exact) mass is 365 g/mol. The van der Waals surface area contributed by atoms with Gasteiger partial charge in [-0.3, -0.25) is 4.79 Å². The third-order valence-corrected chi connectivity index (χ3v) is 5.88. The molecule has 140 valence electrons. The number of aromatic nitrogens is 5. The van der Waals surface area contributed by atoms with Gasteiger partial charge in [0.05, 0.1) is 17.4 Å². The molecular formula is C19H23N7O. The number of hydrogen-bond donors (Lipinski definition) is 2. The molecule has 27 heavy (non-hydrogen) atoms. The topological polar surface area (TPSA) is 89.1 Å². The Morgan fingerprint density at radius 2 is 2.26 bits per heavy atom. The van der Waals surface area contributed by atoms with Crippen LogP contribution in [0.4, 0.5) is 5.69 Å². The van der Waals surface area contributed by atoms with Gasteiger partial charge in [0.1, 0.15) is 6.33 Å². The maximum atomic E-state index is 12.7. The predicted molar refractivity (Wildman–Crippen MR) is 102 cm³/mol. The molecule has 0 aliphatic carbocycles. The van der Waals surface area contributed by atoms with Gasteiger partial charge in [0, 0.05) is 37.3 Å². The molecule has 0 amide bonds. The van der Waals surface area contributed by atoms with Crippen LogP contribution in [0.2, 0.25) is 0 Å². The molecule has 0 aromatic carbocycles. The zero-order chi connectivity index (χ0) is 18.4. The minimum absolute atomic E-state index is 0.0903. The molecule has 2 aliphatic heterocycles. The first kappa shape index (κ1) is 16.4. The summed E-state index contributed by atoms with van der Waals surface area (Å²) in [4.78, 5) is 12.7. The minimum atomic E-state index is 0.0903. The number of rotatable bonds is 4. The van der Waals surface area contributed by atoms with Crippen LogP contribution in [-0.2, 0) is 6.42 Å². The SMILES string of the molecule is CCc1cc(NC[C@H]2[C@@H]3CNC[C@@H](C3)c3cccc(=O)n32)c2nncn2n1. The quantitative estimate of drug-likeness (QED) is 0.722. The molecule has 8 nitrogen and oxygen atoms in total. The maximum Gasteiger partial charge on any atom is 0.251 e. The lowest BCUT2D eigenvalue weighted by Crippen LogP contribution is -2.49. The maximum absolute atomic E-state index is 12.7. The number of aryl methyl sites for hydroxylation is 1. The van der Waals surface area contributed by atoms with Gasteiger partial charge in [0.25, 0.3) is 5.56 Å². The average Bonchev–Trinajstić information content (AvgIpc) is 3.17. The molecule has 3 aromatic rings. The highest BCUT2D eigenvalue weighted by Crippen LogP contribution is 2.38. The standard InChI is InChI=1S/C19H23N7O/c1-2-14-7-15(19-23-22-11-25(19)24-14)21-10-17-13-6-12(8-20-9-13)16-4-3-5-18(27)26(16)17/h3-5,7,11-13,17,20-21H,2,6,8-10H2,1H3/t12-,13+,17+/m1/s1. The Balaban J connectivity index is 1.50. The van der Waals surface area contributed by atoms with Crippen LogP contribution < -0.4 is 16.2 Å². The number of nitrogens with one attached hydrogen (secondary N) is 2. The fourth-order valence-corrected chi connectivity index (χ4v) is 4.56. The highest BCUT2D eigenvalue weighted by molar-refractivity contribution is 5.66. The lowest BCUT2D eigenvalue weighted by molar-refractivity contribution is 0.203. The number of pyridine rings is 1. The van der Waals surface area contributed by atoms with Crippen LogP contribution in [0, 0.1) is 5.92 Å². The van der Waals surface area contributed by atoms with Crippen molar-refractivity contribution in [2.45, 2.75) is 31.7 Å². The van der Waals surface area contributed by atoms with E-state index in [0.29, 0.717) is 24.0 Å². The molecule has 5 heterocycles. The van der Waals surface area contributed by atoms with E-state index in [0.717, 1.165) is 43.0 Å². The third kappa shape index (κ3) is 2.71. The number of nitrogens with zero attached hydrogens (tertiary/aromatic N) is 5. The molecule has 2 N–H and O–H groups in total. The molecule has 3 atom stereocenters. The first-order valence-corrected chi connectivity index (χ1v) is 9.60. The van der Waals surface area contributed by atoms with Gasteiger partial charge in [-0.1, -0.05) is 13.0 Å². The van der Waals surface area contributed by atoms with Crippen LogP contribution in [0.5, 0.6) is 0 Å². The summed E-state index contributed by atoms with van der Waals surface area (Å²) in [5.74, 6) is 0.856. The molecule has 2 aliphatic rings. The largest absolute Gasteiger partial charge is 0.380 e. The summed E-state index contributed by atoms with van der Waals surface area (Å²) < 4.78 is 3.72. The van der Waals surface area contributed by atoms with Crippen LogP contribution in [0.25, 0.3) is 5.65 Å². The molecule has 0 unspecified atom stereocenters. The van der Waals surface area contributed by atoms with Gasteiger partial charge in [0.15, 0.2) is 0 Å². The highest BCUT2D eigenvalue weighted by Gasteiger charge is 2.37. The Morgan fingerprint density at radius 3 is 3.15 bits per heavy atom. The normalized spacial score (nSPS) is 24.0. The van der Waals surface area contributed by atoms with Crippen molar-refractivity contribution in [3.05, 3.63) is 52.3 Å². The molecule has 5 rings (SSSR count). The van der Waals surface area contributed by atoms with E-state index >= 15 is 0 Å². The lowest BCUT2D eigenvalue weighted by Gasteiger charge is -2.43. The van der Waals surface area contributed by atoms with Crippen molar-refractivity contribution in [1.82, 2.24) is 29.7 Å². The summed E-state index contributed by atoms with van der Waals surface area (Å²) in [6, 6.07) is 7.79. The highest BCUT2D eigenvalue weighted by atomic mass is 16.1. The summed E-state index contributed by atoms with van der Waals surface area (Å²) in [6.07, 6.45) is 3.58. The van der Waals surface area contributed by atoms with E-state index in [9.17, 15) is 4.79 Å². The molecule has 0 spiro atoms. The van der Waals surface area contributed by atoms with Gasteiger partial charge in [-0.2, -0.15) is 9.61 Å². The minimum Gasteiger partial charge on any atom is -0.380 e. The van der Waals surface area contributed by atoms with Crippen molar-refractivity contribution in [3.8, 4) is 0 Å². The fraction of sp³-hybridized carbons (Fsp3) is 0.474. The van der Waals surface area contributed by atoms with Crippen molar-refractivity contribution >= 4 is 11.3 Å². The summed E-state index contributed by atoms with van der Waals surface area (Å²) in [7, 11) is 0. The van der Waals surface area contributed by atoms with Gasteiger partial charge >= 0.3 is 0 Å². The predicted octanol–water partition coefficient (Wildman–Crippen LogP) is 1.21. The number of anilines is 1. The van der Waals surface area contributed by atoms with Crippen molar-refractivity contribution < 1.29 is 0 Å². The van der Waals surface area contributed by atoms with Crippen molar-refractivity contribution in [2.24, 2.45) is 5.92 Å². The Morgan fingerprint density at radius 1 is 1.33 bits per heavy atom. The Labute approximate surface area is 156 Å². The smallest absolute Gasteiger partial charge is 0.251 e. The van der Waals surface area contributed by atoms with Crippen molar-refractivity contribution in [3.63, 3.8) is 0 Å². The van der Waals surface area contributed by atoms with Crippen LogP contribution in [0.15, 0.2) is 35.4 Å². The Hall–Kier alpha value is -2.74. The first-order chi connectivity index (χ1) is 13.2. The van der Waals surface area contributed by atoms with Gasteiger partial charge in [-0.05, 0) is 30.9 Å². The second kappa shape index (κ2) is 6.45. The molecule has 3 aromatic heterocycles. The average molecular weight is 365 g/mol. The molecule has 0 radical (unpaired) electrons. The lowest BCUT2D eigenvalue weighted by atomic mass is 9.79. The number of piperidine rings is 1. The van der Waals surface area contributed by atoms with Gasteiger partial charge in [-0.15, -0.1) is 10.2 Å². The van der Waals surface area contributed by atoms with Gasteiger partial charge in [0.2, 0.25) is 5.65 Å². The Kier molecular flexibility index (Phi) is 3.93. The van der Waals surface area contributed by atoms with E-state index in [-0.39, 0.29) is 11.6 Å². The van der Waals surface area contributed by atoms with Crippen molar-refractivity contribution in [2.75, 3.05) is 25.0 Å². The summed E-state index contributed by atoms with van der Waals surface area (Å²) in [5.41, 5.74) is 3.84. The van der Waals surface area contributed by atoms with E-state index in [1.54, 1.807) is 16.9 Å². The van der Waals surface area contributed by atoms with E-state index < -0.39 is 0 Å². The van der Waals surface area contributed by atoms with E-state index in [1.807, 2.05) is 16.7 Å². The van der Waals surface area contributed by atoms with E-state index in [1.165, 1.54) is 0 Å². The Bertz CT molecular complexity index is 1040. The van der Waals surface area contributed by atoms with Crippen LogP contribution >= 0.6 is 0 Å². The van der Waals surface area contributed by atoms with Gasteiger partial charge in [-0.25, -0.2) is 0 Å². The van der Waals surface area contributed by atoms with E-state index in [4.69, 9.17) is 0 Å². The number of fused-ring (bicyclic) bond motifs is 5. The van der Waals surface area contributed by atoms with Crippen LogP contribution in [-0.4, -0.2) is 44.0 Å². The summed E-state index contributed by atoms with van der Waals surface area (Å²) >= 11 is 0.